The van der Waals surface area contributed by atoms with Crippen molar-refractivity contribution < 1.29 is 9.84 Å². The summed E-state index contributed by atoms with van der Waals surface area (Å²) in [5.41, 5.74) is 0. The highest BCUT2D eigenvalue weighted by Gasteiger charge is 2.27. The Kier molecular flexibility index (Phi) is 2.90. The summed E-state index contributed by atoms with van der Waals surface area (Å²) in [5, 5.41) is 9.37. The molecule has 3 atom stereocenters. The third-order valence-corrected chi connectivity index (χ3v) is 2.45. The minimum Gasteiger partial charge on any atom is -0.368 e. The minimum absolute atomic E-state index is 0.265. The van der Waals surface area contributed by atoms with E-state index in [4.69, 9.17) is 4.74 Å². The van der Waals surface area contributed by atoms with Gasteiger partial charge in [-0.15, -0.1) is 0 Å². The van der Waals surface area contributed by atoms with Gasteiger partial charge < -0.3 is 9.84 Å². The Bertz CT molecular complexity index is 123. The summed E-state index contributed by atoms with van der Waals surface area (Å²) in [4.78, 5) is 0. The molecule has 0 aromatic heterocycles. The zero-order valence-corrected chi connectivity index (χ0v) is 7.58. The van der Waals surface area contributed by atoms with Crippen molar-refractivity contribution in [1.29, 1.82) is 0 Å². The summed E-state index contributed by atoms with van der Waals surface area (Å²) in [5.74, 6) is 0.835. The molecule has 1 rings (SSSR count). The van der Waals surface area contributed by atoms with Gasteiger partial charge in [0.05, 0.1) is 6.10 Å². The average Bonchev–Trinajstić information content (AvgIpc) is 1.94. The molecule has 1 aliphatic rings. The molecule has 1 fully saturated rings. The van der Waals surface area contributed by atoms with Crippen molar-refractivity contribution in [2.75, 3.05) is 0 Å². The molecular formula is C9H18O2. The molecule has 2 nitrogen and oxygen atoms in total. The largest absolute Gasteiger partial charge is 0.368 e. The summed E-state index contributed by atoms with van der Waals surface area (Å²) >= 11 is 0. The van der Waals surface area contributed by atoms with E-state index < -0.39 is 6.29 Å². The highest BCUT2D eigenvalue weighted by Crippen LogP contribution is 2.26. The van der Waals surface area contributed by atoms with Gasteiger partial charge in [-0.1, -0.05) is 20.8 Å². The zero-order chi connectivity index (χ0) is 8.43. The van der Waals surface area contributed by atoms with Crippen molar-refractivity contribution >= 4 is 0 Å². The molecule has 0 spiro atoms. The lowest BCUT2D eigenvalue weighted by Crippen LogP contribution is -2.36. The first-order valence-corrected chi connectivity index (χ1v) is 4.44. The molecule has 0 aromatic rings. The molecule has 66 valence electrons. The van der Waals surface area contributed by atoms with E-state index >= 15 is 0 Å². The molecule has 0 aliphatic carbocycles. The van der Waals surface area contributed by atoms with Crippen molar-refractivity contribution in [2.45, 2.75) is 46.0 Å². The Morgan fingerprint density at radius 2 is 2.00 bits per heavy atom. The van der Waals surface area contributed by atoms with Gasteiger partial charge >= 0.3 is 0 Å². The molecule has 0 amide bonds. The van der Waals surface area contributed by atoms with Crippen LogP contribution in [0.3, 0.4) is 0 Å². The van der Waals surface area contributed by atoms with Crippen molar-refractivity contribution in [1.82, 2.24) is 0 Å². The smallest absolute Gasteiger partial charge is 0.157 e. The van der Waals surface area contributed by atoms with Crippen molar-refractivity contribution in [3.63, 3.8) is 0 Å². The summed E-state index contributed by atoms with van der Waals surface area (Å²) in [6.45, 7) is 6.29. The van der Waals surface area contributed by atoms with E-state index in [1.165, 1.54) is 0 Å². The van der Waals surface area contributed by atoms with Crippen LogP contribution in [-0.4, -0.2) is 17.5 Å². The van der Waals surface area contributed by atoms with Gasteiger partial charge in [0.1, 0.15) is 0 Å². The first-order chi connectivity index (χ1) is 5.11. The van der Waals surface area contributed by atoms with Gasteiger partial charge in [0.25, 0.3) is 0 Å². The van der Waals surface area contributed by atoms with E-state index in [-0.39, 0.29) is 6.10 Å². The molecule has 1 aliphatic heterocycles. The predicted octanol–water partition coefficient (Wildman–Crippen LogP) is 1.78. The maximum atomic E-state index is 9.37. The number of ether oxygens (including phenoxy) is 1. The van der Waals surface area contributed by atoms with Gasteiger partial charge in [-0.25, -0.2) is 0 Å². The van der Waals surface area contributed by atoms with Crippen LogP contribution in [0.1, 0.15) is 33.6 Å². The van der Waals surface area contributed by atoms with Crippen LogP contribution in [0, 0.1) is 11.8 Å². The van der Waals surface area contributed by atoms with Crippen molar-refractivity contribution in [3.8, 4) is 0 Å². The summed E-state index contributed by atoms with van der Waals surface area (Å²) in [6, 6.07) is 0. The quantitative estimate of drug-likeness (QED) is 0.630. The second kappa shape index (κ2) is 3.55. The summed E-state index contributed by atoms with van der Waals surface area (Å²) < 4.78 is 5.42. The fraction of sp³-hybridized carbons (Fsp3) is 1.00. The van der Waals surface area contributed by atoms with E-state index in [0.29, 0.717) is 11.8 Å². The lowest BCUT2D eigenvalue weighted by molar-refractivity contribution is -0.199. The lowest BCUT2D eigenvalue weighted by atomic mass is 9.93. The number of aliphatic hydroxyl groups is 1. The van der Waals surface area contributed by atoms with E-state index in [0.717, 1.165) is 12.8 Å². The molecule has 3 unspecified atom stereocenters. The van der Waals surface area contributed by atoms with E-state index in [2.05, 4.69) is 13.8 Å². The van der Waals surface area contributed by atoms with Crippen molar-refractivity contribution in [3.05, 3.63) is 0 Å². The number of aliphatic hydroxyl groups excluding tert-OH is 1. The van der Waals surface area contributed by atoms with Crippen LogP contribution in [-0.2, 0) is 4.74 Å². The molecule has 2 heteroatoms. The minimum atomic E-state index is -0.531. The topological polar surface area (TPSA) is 29.5 Å². The van der Waals surface area contributed by atoms with Crippen LogP contribution in [0.25, 0.3) is 0 Å². The number of hydrogen-bond acceptors (Lipinski definition) is 2. The molecule has 1 saturated heterocycles. The first-order valence-electron chi connectivity index (χ1n) is 4.44. The Balaban J connectivity index is 2.40. The third-order valence-electron chi connectivity index (χ3n) is 2.45. The Morgan fingerprint density at radius 1 is 1.36 bits per heavy atom. The fourth-order valence-electron chi connectivity index (χ4n) is 1.44. The monoisotopic (exact) mass is 158 g/mol. The Labute approximate surface area is 68.6 Å². The van der Waals surface area contributed by atoms with E-state index in [1.54, 1.807) is 0 Å². The maximum Gasteiger partial charge on any atom is 0.157 e. The summed E-state index contributed by atoms with van der Waals surface area (Å²) in [7, 11) is 0. The predicted molar refractivity (Wildman–Crippen MR) is 44.1 cm³/mol. The Morgan fingerprint density at radius 3 is 2.45 bits per heavy atom. The zero-order valence-electron chi connectivity index (χ0n) is 7.58. The normalized spacial score (nSPS) is 39.5. The standard InChI is InChI=1S/C9H18O2/c1-6(2)8-5-4-7(3)9(10)11-8/h6-10H,4-5H2,1-3H3. The molecule has 1 heterocycles. The van der Waals surface area contributed by atoms with Crippen molar-refractivity contribution in [2.24, 2.45) is 11.8 Å². The second-order valence-corrected chi connectivity index (χ2v) is 3.86. The van der Waals surface area contributed by atoms with Crippen LogP contribution in [0.4, 0.5) is 0 Å². The van der Waals surface area contributed by atoms with Crippen LogP contribution in [0.2, 0.25) is 0 Å². The molecular weight excluding hydrogens is 140 g/mol. The maximum absolute atomic E-state index is 9.37. The Hall–Kier alpha value is -0.0800. The SMILES string of the molecule is CC(C)C1CCC(C)C(O)O1. The van der Waals surface area contributed by atoms with Gasteiger partial charge in [0, 0.05) is 5.92 Å². The van der Waals surface area contributed by atoms with Gasteiger partial charge in [-0.2, -0.15) is 0 Å². The van der Waals surface area contributed by atoms with Crippen LogP contribution in [0.15, 0.2) is 0 Å². The first kappa shape index (κ1) is 9.01. The lowest BCUT2D eigenvalue weighted by Gasteiger charge is -2.33. The molecule has 0 radical (unpaired) electrons. The van der Waals surface area contributed by atoms with E-state index in [9.17, 15) is 5.11 Å². The fourth-order valence-corrected chi connectivity index (χ4v) is 1.44. The molecule has 0 aromatic carbocycles. The van der Waals surface area contributed by atoms with Gasteiger partial charge in [-0.3, -0.25) is 0 Å². The molecule has 0 bridgehead atoms. The second-order valence-electron chi connectivity index (χ2n) is 3.86. The average molecular weight is 158 g/mol. The molecule has 11 heavy (non-hydrogen) atoms. The van der Waals surface area contributed by atoms with E-state index in [1.807, 2.05) is 6.92 Å². The van der Waals surface area contributed by atoms with Gasteiger partial charge in [-0.05, 0) is 18.8 Å². The molecule has 1 N–H and O–H groups in total. The molecule has 0 saturated carbocycles. The summed E-state index contributed by atoms with van der Waals surface area (Å²) in [6.07, 6.45) is 1.91. The number of hydrogen-bond donors (Lipinski definition) is 1. The van der Waals surface area contributed by atoms with Crippen LogP contribution < -0.4 is 0 Å². The van der Waals surface area contributed by atoms with Gasteiger partial charge in [0.15, 0.2) is 6.29 Å². The third kappa shape index (κ3) is 2.17. The highest BCUT2D eigenvalue weighted by molar-refractivity contribution is 4.72. The highest BCUT2D eigenvalue weighted by atomic mass is 16.6. The van der Waals surface area contributed by atoms with Crippen LogP contribution in [0.5, 0.6) is 0 Å². The number of rotatable bonds is 1. The van der Waals surface area contributed by atoms with Gasteiger partial charge in [0.2, 0.25) is 0 Å². The van der Waals surface area contributed by atoms with Crippen LogP contribution >= 0.6 is 0 Å².